The van der Waals surface area contributed by atoms with Crippen LogP contribution < -0.4 is 5.01 Å². The Balaban J connectivity index is 1.81. The van der Waals surface area contributed by atoms with E-state index in [4.69, 9.17) is 5.26 Å². The van der Waals surface area contributed by atoms with Crippen molar-refractivity contribution in [2.75, 3.05) is 11.6 Å². The molecule has 0 amide bonds. The molecule has 1 N–H and O–H groups in total. The summed E-state index contributed by atoms with van der Waals surface area (Å²) in [5.41, 5.74) is 2.69. The lowest BCUT2D eigenvalue weighted by Crippen LogP contribution is -2.30. The molecule has 3 aromatic rings. The van der Waals surface area contributed by atoms with Crippen LogP contribution in [0.4, 0.5) is 5.69 Å². The minimum atomic E-state index is 0.261. The molecule has 0 fully saturated rings. The summed E-state index contributed by atoms with van der Waals surface area (Å²) >= 11 is 0. The first-order valence-electron chi connectivity index (χ1n) is 7.17. The molecular weight excluding hydrogens is 290 g/mol. The van der Waals surface area contributed by atoms with Gasteiger partial charge in [0.25, 0.3) is 0 Å². The fourth-order valence-corrected chi connectivity index (χ4v) is 2.30. The van der Waals surface area contributed by atoms with E-state index in [1.807, 2.05) is 34.0 Å². The van der Waals surface area contributed by atoms with Gasteiger partial charge in [-0.1, -0.05) is 12.1 Å². The maximum Gasteiger partial charge on any atom is 0.139 e. The lowest BCUT2D eigenvalue weighted by Gasteiger charge is -2.25. The zero-order valence-corrected chi connectivity index (χ0v) is 12.4. The van der Waals surface area contributed by atoms with Crippen LogP contribution in [-0.2, 0) is 6.42 Å². The van der Waals surface area contributed by atoms with E-state index in [9.17, 15) is 5.11 Å². The van der Waals surface area contributed by atoms with Crippen molar-refractivity contribution in [1.29, 1.82) is 5.26 Å². The van der Waals surface area contributed by atoms with E-state index < -0.39 is 0 Å². The van der Waals surface area contributed by atoms with Crippen molar-refractivity contribution in [1.82, 2.24) is 14.9 Å². The number of benzene rings is 2. The summed E-state index contributed by atoms with van der Waals surface area (Å²) in [4.78, 5) is 0. The highest BCUT2D eigenvalue weighted by Gasteiger charge is 2.09. The Kier molecular flexibility index (Phi) is 4.20. The molecule has 2 aromatic carbocycles. The summed E-state index contributed by atoms with van der Waals surface area (Å²) in [6, 6.07) is 16.6. The maximum atomic E-state index is 9.35. The first kappa shape index (κ1) is 14.6. The highest BCUT2D eigenvalue weighted by molar-refractivity contribution is 5.49. The maximum absolute atomic E-state index is 9.35. The highest BCUT2D eigenvalue weighted by Crippen LogP contribution is 2.17. The minimum Gasteiger partial charge on any atom is -0.508 e. The number of hydrogen-bond acceptors (Lipinski definition) is 5. The van der Waals surface area contributed by atoms with Crippen LogP contribution in [0, 0.1) is 11.3 Å². The van der Waals surface area contributed by atoms with E-state index >= 15 is 0 Å². The van der Waals surface area contributed by atoms with Crippen molar-refractivity contribution in [2.24, 2.45) is 0 Å². The SMILES string of the molecule is N#Cc1ccc(N(CCc2ccc(O)cc2)n2cnnc2)cc1. The Morgan fingerprint density at radius 2 is 1.65 bits per heavy atom. The monoisotopic (exact) mass is 305 g/mol. The summed E-state index contributed by atoms with van der Waals surface area (Å²) in [7, 11) is 0. The third-order valence-electron chi connectivity index (χ3n) is 3.53. The highest BCUT2D eigenvalue weighted by atomic mass is 16.3. The van der Waals surface area contributed by atoms with E-state index in [0.29, 0.717) is 12.1 Å². The molecule has 23 heavy (non-hydrogen) atoms. The van der Waals surface area contributed by atoms with Crippen molar-refractivity contribution in [3.05, 3.63) is 72.3 Å². The van der Waals surface area contributed by atoms with Crippen LogP contribution in [0.25, 0.3) is 0 Å². The van der Waals surface area contributed by atoms with E-state index in [1.54, 1.807) is 36.9 Å². The van der Waals surface area contributed by atoms with Gasteiger partial charge in [0, 0.05) is 6.54 Å². The molecule has 0 saturated heterocycles. The average Bonchev–Trinajstić information content (AvgIpc) is 3.12. The van der Waals surface area contributed by atoms with Crippen molar-refractivity contribution in [3.63, 3.8) is 0 Å². The number of nitriles is 1. The number of hydrogen-bond donors (Lipinski definition) is 1. The molecule has 0 aliphatic rings. The van der Waals surface area contributed by atoms with Crippen LogP contribution in [0.2, 0.25) is 0 Å². The number of nitrogens with zero attached hydrogens (tertiary/aromatic N) is 5. The van der Waals surface area contributed by atoms with Gasteiger partial charge in [0.2, 0.25) is 0 Å². The van der Waals surface area contributed by atoms with Crippen LogP contribution in [0.1, 0.15) is 11.1 Å². The van der Waals surface area contributed by atoms with Gasteiger partial charge in [-0.2, -0.15) is 5.26 Å². The number of phenolic OH excluding ortho intramolecular Hbond substituents is 1. The Morgan fingerprint density at radius 1 is 1.00 bits per heavy atom. The second-order valence-electron chi connectivity index (χ2n) is 5.04. The largest absolute Gasteiger partial charge is 0.508 e. The molecule has 6 nitrogen and oxygen atoms in total. The van der Waals surface area contributed by atoms with Gasteiger partial charge >= 0.3 is 0 Å². The number of rotatable bonds is 5. The average molecular weight is 305 g/mol. The predicted molar refractivity (Wildman–Crippen MR) is 85.7 cm³/mol. The zero-order valence-electron chi connectivity index (χ0n) is 12.4. The van der Waals surface area contributed by atoms with Crippen LogP contribution in [0.15, 0.2) is 61.2 Å². The molecule has 1 heterocycles. The van der Waals surface area contributed by atoms with Crippen LogP contribution >= 0.6 is 0 Å². The smallest absolute Gasteiger partial charge is 0.139 e. The topological polar surface area (TPSA) is 78.0 Å². The Hall–Kier alpha value is -3.33. The standard InChI is InChI=1S/C17H15N5O/c18-11-15-1-5-16(6-2-15)22(21-12-19-20-13-21)10-9-14-3-7-17(23)8-4-14/h1-8,12-13,23H,9-10H2. The molecule has 0 radical (unpaired) electrons. The van der Waals surface area contributed by atoms with Crippen LogP contribution in [0.5, 0.6) is 5.75 Å². The van der Waals surface area contributed by atoms with E-state index in [0.717, 1.165) is 17.7 Å². The lowest BCUT2D eigenvalue weighted by atomic mass is 10.1. The molecule has 0 atom stereocenters. The number of aromatic hydroxyl groups is 1. The van der Waals surface area contributed by atoms with Crippen molar-refractivity contribution in [3.8, 4) is 11.8 Å². The van der Waals surface area contributed by atoms with Crippen LogP contribution in [-0.4, -0.2) is 26.5 Å². The second-order valence-corrected chi connectivity index (χ2v) is 5.04. The quantitative estimate of drug-likeness (QED) is 0.783. The number of aromatic nitrogens is 3. The fraction of sp³-hybridized carbons (Fsp3) is 0.118. The summed E-state index contributed by atoms with van der Waals surface area (Å²) in [6.45, 7) is 0.703. The van der Waals surface area contributed by atoms with Gasteiger partial charge in [0.05, 0.1) is 17.3 Å². The molecular formula is C17H15N5O. The summed E-state index contributed by atoms with van der Waals surface area (Å²) in [5.74, 6) is 0.261. The molecule has 3 rings (SSSR count). The third kappa shape index (κ3) is 3.47. The molecule has 0 unspecified atom stereocenters. The molecule has 0 aliphatic carbocycles. The Bertz CT molecular complexity index is 789. The minimum absolute atomic E-state index is 0.261. The van der Waals surface area contributed by atoms with Gasteiger partial charge in [-0.25, -0.2) is 4.68 Å². The molecule has 0 aliphatic heterocycles. The molecule has 1 aromatic heterocycles. The first-order valence-corrected chi connectivity index (χ1v) is 7.17. The van der Waals surface area contributed by atoms with Crippen LogP contribution in [0.3, 0.4) is 0 Å². The van der Waals surface area contributed by atoms with Gasteiger partial charge in [-0.15, -0.1) is 10.2 Å². The predicted octanol–water partition coefficient (Wildman–Crippen LogP) is 2.37. The summed E-state index contributed by atoms with van der Waals surface area (Å²) in [6.07, 6.45) is 4.06. The van der Waals surface area contributed by atoms with E-state index in [-0.39, 0.29) is 5.75 Å². The van der Waals surface area contributed by atoms with E-state index in [1.165, 1.54) is 0 Å². The van der Waals surface area contributed by atoms with E-state index in [2.05, 4.69) is 16.3 Å². The second kappa shape index (κ2) is 6.62. The molecule has 114 valence electrons. The Labute approximate surface area is 133 Å². The molecule has 0 saturated carbocycles. The summed E-state index contributed by atoms with van der Waals surface area (Å²) in [5, 5.41) is 28.0. The lowest BCUT2D eigenvalue weighted by molar-refractivity contribution is 0.475. The van der Waals surface area contributed by atoms with Gasteiger partial charge < -0.3 is 5.11 Å². The van der Waals surface area contributed by atoms with Crippen molar-refractivity contribution < 1.29 is 5.11 Å². The van der Waals surface area contributed by atoms with Gasteiger partial charge in [-0.05, 0) is 48.4 Å². The molecule has 0 spiro atoms. The number of phenols is 1. The molecule has 0 bridgehead atoms. The first-order chi connectivity index (χ1) is 11.3. The zero-order chi connectivity index (χ0) is 16.1. The van der Waals surface area contributed by atoms with Gasteiger partial charge in [0.1, 0.15) is 18.4 Å². The van der Waals surface area contributed by atoms with Crippen molar-refractivity contribution >= 4 is 5.69 Å². The normalized spacial score (nSPS) is 10.2. The number of anilines is 1. The third-order valence-corrected chi connectivity index (χ3v) is 3.53. The Morgan fingerprint density at radius 3 is 2.26 bits per heavy atom. The van der Waals surface area contributed by atoms with Gasteiger partial charge in [0.15, 0.2) is 0 Å². The fourth-order valence-electron chi connectivity index (χ4n) is 2.30. The molecule has 6 heteroatoms. The van der Waals surface area contributed by atoms with Crippen molar-refractivity contribution in [2.45, 2.75) is 6.42 Å². The van der Waals surface area contributed by atoms with Gasteiger partial charge in [-0.3, -0.25) is 5.01 Å². The summed E-state index contributed by atoms with van der Waals surface area (Å²) < 4.78 is 1.81.